The Morgan fingerprint density at radius 1 is 1.22 bits per heavy atom. The maximum absolute atomic E-state index is 6.10. The molecule has 1 heterocycles. The second kappa shape index (κ2) is 4.29. The SMILES string of the molecule is CCC1(n2ccnc2)Cc2cc(Cl)c(Cl)cc2C1. The van der Waals surface area contributed by atoms with Gasteiger partial charge in [-0.25, -0.2) is 4.98 Å². The first-order valence-electron chi connectivity index (χ1n) is 6.10. The second-order valence-electron chi connectivity index (χ2n) is 4.94. The molecule has 1 aromatic carbocycles. The molecule has 0 spiro atoms. The predicted octanol–water partition coefficient (Wildman–Crippen LogP) is 4.09. The van der Waals surface area contributed by atoms with E-state index in [0.29, 0.717) is 10.0 Å². The quantitative estimate of drug-likeness (QED) is 0.810. The van der Waals surface area contributed by atoms with Gasteiger partial charge in [-0.3, -0.25) is 0 Å². The van der Waals surface area contributed by atoms with Crippen molar-refractivity contribution in [1.82, 2.24) is 9.55 Å². The van der Waals surface area contributed by atoms with E-state index in [2.05, 4.69) is 16.5 Å². The minimum atomic E-state index is 0.0901. The van der Waals surface area contributed by atoms with Crippen molar-refractivity contribution in [1.29, 1.82) is 0 Å². The lowest BCUT2D eigenvalue weighted by Gasteiger charge is -2.29. The summed E-state index contributed by atoms with van der Waals surface area (Å²) in [6, 6.07) is 4.02. The van der Waals surface area contributed by atoms with Crippen LogP contribution in [0.15, 0.2) is 30.9 Å². The molecule has 0 fully saturated rings. The summed E-state index contributed by atoms with van der Waals surface area (Å²) >= 11 is 12.2. The monoisotopic (exact) mass is 280 g/mol. The first-order valence-corrected chi connectivity index (χ1v) is 6.85. The van der Waals surface area contributed by atoms with E-state index in [1.807, 2.05) is 30.9 Å². The van der Waals surface area contributed by atoms with Crippen LogP contribution in [-0.4, -0.2) is 9.55 Å². The van der Waals surface area contributed by atoms with Crippen LogP contribution in [0.1, 0.15) is 24.5 Å². The molecular formula is C14H14Cl2N2. The zero-order chi connectivity index (χ0) is 12.8. The number of nitrogens with zero attached hydrogens (tertiary/aromatic N) is 2. The molecular weight excluding hydrogens is 267 g/mol. The summed E-state index contributed by atoms with van der Waals surface area (Å²) in [5.74, 6) is 0. The number of halogens is 2. The molecule has 0 amide bonds. The Morgan fingerprint density at radius 3 is 2.28 bits per heavy atom. The van der Waals surface area contributed by atoms with Gasteiger partial charge in [0.2, 0.25) is 0 Å². The fraction of sp³-hybridized carbons (Fsp3) is 0.357. The van der Waals surface area contributed by atoms with Crippen LogP contribution in [0.25, 0.3) is 0 Å². The van der Waals surface area contributed by atoms with Gasteiger partial charge in [0, 0.05) is 12.4 Å². The largest absolute Gasteiger partial charge is 0.331 e. The molecule has 2 nitrogen and oxygen atoms in total. The fourth-order valence-electron chi connectivity index (χ4n) is 2.88. The lowest BCUT2D eigenvalue weighted by atomic mass is 9.92. The van der Waals surface area contributed by atoms with E-state index >= 15 is 0 Å². The minimum Gasteiger partial charge on any atom is -0.331 e. The highest BCUT2D eigenvalue weighted by Gasteiger charge is 2.37. The van der Waals surface area contributed by atoms with Gasteiger partial charge in [-0.1, -0.05) is 30.1 Å². The van der Waals surface area contributed by atoms with Gasteiger partial charge in [-0.2, -0.15) is 0 Å². The van der Waals surface area contributed by atoms with E-state index in [1.54, 1.807) is 0 Å². The van der Waals surface area contributed by atoms with Crippen molar-refractivity contribution in [2.75, 3.05) is 0 Å². The van der Waals surface area contributed by atoms with E-state index < -0.39 is 0 Å². The number of hydrogen-bond acceptors (Lipinski definition) is 1. The van der Waals surface area contributed by atoms with Crippen LogP contribution in [0.4, 0.5) is 0 Å². The summed E-state index contributed by atoms with van der Waals surface area (Å²) in [6.45, 7) is 2.22. The molecule has 0 saturated carbocycles. The van der Waals surface area contributed by atoms with Gasteiger partial charge < -0.3 is 4.57 Å². The zero-order valence-electron chi connectivity index (χ0n) is 10.2. The number of hydrogen-bond donors (Lipinski definition) is 0. The van der Waals surface area contributed by atoms with Crippen molar-refractivity contribution in [3.05, 3.63) is 52.0 Å². The molecule has 0 N–H and O–H groups in total. The second-order valence-corrected chi connectivity index (χ2v) is 5.75. The molecule has 1 aliphatic rings. The number of fused-ring (bicyclic) bond motifs is 1. The van der Waals surface area contributed by atoms with E-state index in [-0.39, 0.29) is 5.54 Å². The van der Waals surface area contributed by atoms with Crippen LogP contribution in [0.2, 0.25) is 10.0 Å². The summed E-state index contributed by atoms with van der Waals surface area (Å²) in [6.07, 6.45) is 8.82. The Bertz CT molecular complexity index is 545. The number of rotatable bonds is 2. The number of benzene rings is 1. The number of imidazole rings is 1. The molecule has 1 aromatic heterocycles. The van der Waals surface area contributed by atoms with Crippen LogP contribution in [0, 0.1) is 0 Å². The van der Waals surface area contributed by atoms with Gasteiger partial charge in [-0.15, -0.1) is 0 Å². The molecule has 3 rings (SSSR count). The minimum absolute atomic E-state index is 0.0901. The third-order valence-corrected chi connectivity index (χ3v) is 4.71. The highest BCUT2D eigenvalue weighted by Crippen LogP contribution is 2.41. The van der Waals surface area contributed by atoms with E-state index in [0.717, 1.165) is 19.3 Å². The van der Waals surface area contributed by atoms with Crippen molar-refractivity contribution < 1.29 is 0 Å². The van der Waals surface area contributed by atoms with Crippen LogP contribution in [0.5, 0.6) is 0 Å². The molecule has 0 aliphatic heterocycles. The third-order valence-electron chi connectivity index (χ3n) is 3.99. The molecule has 0 bridgehead atoms. The number of aromatic nitrogens is 2. The maximum Gasteiger partial charge on any atom is 0.0951 e. The molecule has 1 aliphatic carbocycles. The molecule has 0 radical (unpaired) electrons. The van der Waals surface area contributed by atoms with Gasteiger partial charge in [-0.05, 0) is 42.5 Å². The molecule has 0 atom stereocenters. The normalized spacial score (nSPS) is 16.8. The van der Waals surface area contributed by atoms with Crippen LogP contribution in [-0.2, 0) is 18.4 Å². The van der Waals surface area contributed by atoms with Crippen molar-refractivity contribution >= 4 is 23.2 Å². The summed E-state index contributed by atoms with van der Waals surface area (Å²) in [5.41, 5.74) is 2.70. The van der Waals surface area contributed by atoms with Crippen molar-refractivity contribution in [2.24, 2.45) is 0 Å². The van der Waals surface area contributed by atoms with Crippen molar-refractivity contribution in [2.45, 2.75) is 31.7 Å². The van der Waals surface area contributed by atoms with Crippen LogP contribution >= 0.6 is 23.2 Å². The zero-order valence-corrected chi connectivity index (χ0v) is 11.7. The summed E-state index contributed by atoms with van der Waals surface area (Å²) in [5, 5.41) is 1.29. The summed E-state index contributed by atoms with van der Waals surface area (Å²) in [4.78, 5) is 4.17. The van der Waals surface area contributed by atoms with E-state index in [1.165, 1.54) is 11.1 Å². The first-order chi connectivity index (χ1) is 8.64. The van der Waals surface area contributed by atoms with E-state index in [9.17, 15) is 0 Å². The standard InChI is InChI=1S/C14H14Cl2N2/c1-2-14(18-4-3-17-9-18)7-10-5-12(15)13(16)6-11(10)8-14/h3-6,9H,2,7-8H2,1H3. The Morgan fingerprint density at radius 2 is 1.83 bits per heavy atom. The molecule has 94 valence electrons. The predicted molar refractivity (Wildman–Crippen MR) is 74.4 cm³/mol. The average Bonchev–Trinajstić information content (AvgIpc) is 2.97. The summed E-state index contributed by atoms with van der Waals surface area (Å²) in [7, 11) is 0. The lowest BCUT2D eigenvalue weighted by Crippen LogP contribution is -2.32. The molecule has 4 heteroatoms. The third kappa shape index (κ3) is 1.75. The van der Waals surface area contributed by atoms with Gasteiger partial charge in [0.1, 0.15) is 0 Å². The Kier molecular flexibility index (Phi) is 2.87. The Balaban J connectivity index is 2.05. The molecule has 0 unspecified atom stereocenters. The lowest BCUT2D eigenvalue weighted by molar-refractivity contribution is 0.288. The topological polar surface area (TPSA) is 17.8 Å². The highest BCUT2D eigenvalue weighted by atomic mass is 35.5. The van der Waals surface area contributed by atoms with Gasteiger partial charge >= 0.3 is 0 Å². The van der Waals surface area contributed by atoms with E-state index in [4.69, 9.17) is 23.2 Å². The smallest absolute Gasteiger partial charge is 0.0951 e. The maximum atomic E-state index is 6.10. The Hall–Kier alpha value is -0.990. The highest BCUT2D eigenvalue weighted by molar-refractivity contribution is 6.42. The molecule has 18 heavy (non-hydrogen) atoms. The van der Waals surface area contributed by atoms with Crippen molar-refractivity contribution in [3.8, 4) is 0 Å². The van der Waals surface area contributed by atoms with Gasteiger partial charge in [0.25, 0.3) is 0 Å². The summed E-state index contributed by atoms with van der Waals surface area (Å²) < 4.78 is 2.22. The van der Waals surface area contributed by atoms with Crippen LogP contribution < -0.4 is 0 Å². The Labute approximate surface area is 117 Å². The molecule has 2 aromatic rings. The van der Waals surface area contributed by atoms with Gasteiger partial charge in [0.05, 0.1) is 21.9 Å². The first kappa shape index (κ1) is 12.1. The van der Waals surface area contributed by atoms with Crippen LogP contribution in [0.3, 0.4) is 0 Å². The molecule has 0 saturated heterocycles. The fourth-order valence-corrected chi connectivity index (χ4v) is 3.26. The van der Waals surface area contributed by atoms with Crippen molar-refractivity contribution in [3.63, 3.8) is 0 Å². The average molecular weight is 281 g/mol. The van der Waals surface area contributed by atoms with Gasteiger partial charge in [0.15, 0.2) is 0 Å².